The van der Waals surface area contributed by atoms with Crippen LogP contribution in [0.2, 0.25) is 0 Å². The van der Waals surface area contributed by atoms with Crippen LogP contribution in [0.3, 0.4) is 0 Å². The highest BCUT2D eigenvalue weighted by molar-refractivity contribution is 6.18. The Labute approximate surface area is 112 Å². The van der Waals surface area contributed by atoms with E-state index in [-0.39, 0.29) is 11.4 Å². The number of amides is 1. The number of hydrogen-bond acceptors (Lipinski definition) is 2. The summed E-state index contributed by atoms with van der Waals surface area (Å²) in [5, 5.41) is 2.97. The summed E-state index contributed by atoms with van der Waals surface area (Å²) in [6.07, 6.45) is 0.989. The molecule has 4 heteroatoms. The van der Waals surface area contributed by atoms with Crippen molar-refractivity contribution in [3.8, 4) is 5.75 Å². The van der Waals surface area contributed by atoms with Crippen LogP contribution in [0.25, 0.3) is 0 Å². The number of para-hydroxylation sites is 1. The summed E-state index contributed by atoms with van der Waals surface area (Å²) in [4.78, 5) is 12.2. The van der Waals surface area contributed by atoms with Crippen LogP contribution in [0.4, 0.5) is 0 Å². The van der Waals surface area contributed by atoms with Gasteiger partial charge in [0.05, 0.1) is 5.54 Å². The number of carbonyl (C=O) groups is 1. The largest absolute Gasteiger partial charge is 0.480 e. The van der Waals surface area contributed by atoms with Gasteiger partial charge in [-0.3, -0.25) is 4.79 Å². The Balaban J connectivity index is 2.01. The molecule has 1 aliphatic rings. The summed E-state index contributed by atoms with van der Waals surface area (Å²) in [7, 11) is 0. The molecule has 0 saturated heterocycles. The Bertz CT molecular complexity index is 418. The minimum atomic E-state index is -0.434. The molecule has 1 amide bonds. The number of fused-ring (bicyclic) bond motifs is 1. The van der Waals surface area contributed by atoms with Crippen molar-refractivity contribution in [3.05, 3.63) is 29.8 Å². The maximum atomic E-state index is 12.2. The topological polar surface area (TPSA) is 38.3 Å². The van der Waals surface area contributed by atoms with Gasteiger partial charge in [-0.05, 0) is 25.0 Å². The smallest absolute Gasteiger partial charge is 0.261 e. The molecule has 1 N–H and O–H groups in total. The van der Waals surface area contributed by atoms with Gasteiger partial charge in [-0.25, -0.2) is 0 Å². The molecule has 0 spiro atoms. The summed E-state index contributed by atoms with van der Waals surface area (Å²) >= 11 is 5.89. The van der Waals surface area contributed by atoms with Crippen molar-refractivity contribution < 1.29 is 9.53 Å². The third-order valence-electron chi connectivity index (χ3n) is 3.44. The first-order valence-corrected chi connectivity index (χ1v) is 6.74. The molecule has 0 bridgehead atoms. The van der Waals surface area contributed by atoms with E-state index >= 15 is 0 Å². The number of halogens is 1. The van der Waals surface area contributed by atoms with Crippen molar-refractivity contribution in [2.75, 3.05) is 5.88 Å². The molecule has 1 heterocycles. The van der Waals surface area contributed by atoms with E-state index in [9.17, 15) is 4.79 Å². The van der Waals surface area contributed by atoms with Gasteiger partial charge in [0, 0.05) is 12.3 Å². The fourth-order valence-electron chi connectivity index (χ4n) is 1.92. The number of nitrogens with one attached hydrogen (secondary N) is 1. The molecule has 0 aromatic heterocycles. The molecule has 2 atom stereocenters. The number of rotatable bonds is 4. The Morgan fingerprint density at radius 3 is 2.89 bits per heavy atom. The maximum absolute atomic E-state index is 12.2. The van der Waals surface area contributed by atoms with Gasteiger partial charge in [-0.15, -0.1) is 11.6 Å². The van der Waals surface area contributed by atoms with Crippen LogP contribution in [0.1, 0.15) is 25.8 Å². The van der Waals surface area contributed by atoms with Crippen molar-refractivity contribution in [1.29, 1.82) is 0 Å². The second kappa shape index (κ2) is 5.19. The zero-order chi connectivity index (χ0) is 13.2. The van der Waals surface area contributed by atoms with Crippen LogP contribution < -0.4 is 10.1 Å². The van der Waals surface area contributed by atoms with E-state index in [0.717, 1.165) is 17.7 Å². The van der Waals surface area contributed by atoms with Crippen molar-refractivity contribution in [2.45, 2.75) is 38.3 Å². The van der Waals surface area contributed by atoms with Gasteiger partial charge in [0.1, 0.15) is 5.75 Å². The minimum absolute atomic E-state index is 0.0869. The Morgan fingerprint density at radius 2 is 2.28 bits per heavy atom. The zero-order valence-corrected chi connectivity index (χ0v) is 11.5. The third kappa shape index (κ3) is 2.61. The van der Waals surface area contributed by atoms with Gasteiger partial charge in [-0.1, -0.05) is 25.1 Å². The Hall–Kier alpha value is -1.22. The first-order valence-electron chi connectivity index (χ1n) is 6.20. The number of hydrogen-bond donors (Lipinski definition) is 1. The lowest BCUT2D eigenvalue weighted by Crippen LogP contribution is -2.51. The molecule has 2 unspecified atom stereocenters. The van der Waals surface area contributed by atoms with E-state index in [2.05, 4.69) is 5.32 Å². The lowest BCUT2D eigenvalue weighted by atomic mass is 10.0. The van der Waals surface area contributed by atoms with E-state index < -0.39 is 6.10 Å². The molecular weight excluding hydrogens is 250 g/mol. The van der Waals surface area contributed by atoms with Crippen LogP contribution in [-0.2, 0) is 11.2 Å². The zero-order valence-electron chi connectivity index (χ0n) is 10.7. The highest BCUT2D eigenvalue weighted by Crippen LogP contribution is 2.28. The van der Waals surface area contributed by atoms with Crippen LogP contribution in [0, 0.1) is 0 Å². The molecular formula is C14H18ClNO2. The average molecular weight is 268 g/mol. The van der Waals surface area contributed by atoms with Crippen molar-refractivity contribution in [3.63, 3.8) is 0 Å². The molecule has 0 aliphatic carbocycles. The highest BCUT2D eigenvalue weighted by Gasteiger charge is 2.32. The summed E-state index contributed by atoms with van der Waals surface area (Å²) in [6.45, 7) is 3.95. The van der Waals surface area contributed by atoms with E-state index in [1.165, 1.54) is 0 Å². The van der Waals surface area contributed by atoms with Gasteiger partial charge in [0.25, 0.3) is 5.91 Å². The van der Waals surface area contributed by atoms with Gasteiger partial charge in [0.15, 0.2) is 6.10 Å². The fraction of sp³-hybridized carbons (Fsp3) is 0.500. The molecule has 1 aliphatic heterocycles. The predicted octanol–water partition coefficient (Wildman–Crippen LogP) is 2.51. The van der Waals surface area contributed by atoms with Gasteiger partial charge < -0.3 is 10.1 Å². The third-order valence-corrected chi connectivity index (χ3v) is 4.03. The second-order valence-corrected chi connectivity index (χ2v) is 5.22. The van der Waals surface area contributed by atoms with Crippen molar-refractivity contribution in [1.82, 2.24) is 5.32 Å². The van der Waals surface area contributed by atoms with Crippen LogP contribution in [0.5, 0.6) is 5.75 Å². The number of ether oxygens (including phenoxy) is 1. The molecule has 0 radical (unpaired) electrons. The molecule has 3 nitrogen and oxygen atoms in total. The van der Waals surface area contributed by atoms with Crippen LogP contribution in [-0.4, -0.2) is 23.4 Å². The van der Waals surface area contributed by atoms with E-state index in [4.69, 9.17) is 16.3 Å². The molecule has 0 fully saturated rings. The quantitative estimate of drug-likeness (QED) is 0.852. The van der Waals surface area contributed by atoms with Gasteiger partial charge >= 0.3 is 0 Å². The molecule has 2 rings (SSSR count). The standard InChI is InChI=1S/C14H18ClNO2/c1-3-14(2,9-15)16-13(17)12-8-10-6-4-5-7-11(10)18-12/h4-7,12H,3,8-9H2,1-2H3,(H,16,17). The monoisotopic (exact) mass is 267 g/mol. The molecule has 1 aromatic carbocycles. The van der Waals surface area contributed by atoms with Gasteiger partial charge in [-0.2, -0.15) is 0 Å². The van der Waals surface area contributed by atoms with Crippen molar-refractivity contribution >= 4 is 17.5 Å². The lowest BCUT2D eigenvalue weighted by molar-refractivity contribution is -0.128. The number of carbonyl (C=O) groups excluding carboxylic acids is 1. The first-order chi connectivity index (χ1) is 8.58. The molecule has 0 saturated carbocycles. The normalized spacial score (nSPS) is 20.7. The lowest BCUT2D eigenvalue weighted by Gasteiger charge is -2.28. The van der Waals surface area contributed by atoms with Crippen LogP contribution in [0.15, 0.2) is 24.3 Å². The first kappa shape index (κ1) is 13.2. The summed E-state index contributed by atoms with van der Waals surface area (Å²) in [5.41, 5.74) is 0.721. The summed E-state index contributed by atoms with van der Waals surface area (Å²) < 4.78 is 5.65. The van der Waals surface area contributed by atoms with Crippen molar-refractivity contribution in [2.24, 2.45) is 0 Å². The predicted molar refractivity (Wildman–Crippen MR) is 72.1 cm³/mol. The Morgan fingerprint density at radius 1 is 1.56 bits per heavy atom. The Kier molecular flexibility index (Phi) is 3.81. The summed E-state index contributed by atoms with van der Waals surface area (Å²) in [6, 6.07) is 7.75. The molecule has 1 aromatic rings. The van der Waals surface area contributed by atoms with E-state index in [1.54, 1.807) is 0 Å². The minimum Gasteiger partial charge on any atom is -0.480 e. The average Bonchev–Trinajstić information content (AvgIpc) is 2.82. The maximum Gasteiger partial charge on any atom is 0.261 e. The highest BCUT2D eigenvalue weighted by atomic mass is 35.5. The van der Waals surface area contributed by atoms with E-state index in [1.807, 2.05) is 38.1 Å². The van der Waals surface area contributed by atoms with Gasteiger partial charge in [0.2, 0.25) is 0 Å². The molecule has 98 valence electrons. The van der Waals surface area contributed by atoms with E-state index in [0.29, 0.717) is 12.3 Å². The number of benzene rings is 1. The van der Waals surface area contributed by atoms with Crippen LogP contribution >= 0.6 is 11.6 Å². The fourth-order valence-corrected chi connectivity index (χ4v) is 2.18. The SMILES string of the molecule is CCC(C)(CCl)NC(=O)C1Cc2ccccc2O1. The number of alkyl halides is 1. The second-order valence-electron chi connectivity index (χ2n) is 4.96. The summed E-state index contributed by atoms with van der Waals surface area (Å²) in [5.74, 6) is 1.12. The molecule has 18 heavy (non-hydrogen) atoms.